The maximum Gasteiger partial charge on any atom is 0.321 e. The van der Waals surface area contributed by atoms with Gasteiger partial charge in [0, 0.05) is 55.6 Å². The monoisotopic (exact) mass is 459 g/mol. The molecule has 0 saturated carbocycles. The maximum atomic E-state index is 12.8. The van der Waals surface area contributed by atoms with Gasteiger partial charge in [0.15, 0.2) is 0 Å². The minimum absolute atomic E-state index is 0.0964. The molecular formula is C27H33N5O2. The summed E-state index contributed by atoms with van der Waals surface area (Å²) in [4.78, 5) is 26.6. The molecule has 4 rings (SSSR count). The molecule has 1 fully saturated rings. The second-order valence-electron chi connectivity index (χ2n) is 8.67. The van der Waals surface area contributed by atoms with E-state index >= 15 is 0 Å². The van der Waals surface area contributed by atoms with Gasteiger partial charge in [-0.1, -0.05) is 42.8 Å². The van der Waals surface area contributed by atoms with E-state index in [9.17, 15) is 4.79 Å². The molecule has 1 aliphatic rings. The molecule has 0 radical (unpaired) electrons. The molecule has 7 heteroatoms. The van der Waals surface area contributed by atoms with Crippen LogP contribution in [0.5, 0.6) is 5.75 Å². The Hall–Kier alpha value is -3.61. The van der Waals surface area contributed by atoms with Crippen molar-refractivity contribution in [1.29, 1.82) is 0 Å². The third-order valence-electron chi connectivity index (χ3n) is 6.21. The van der Waals surface area contributed by atoms with Crippen molar-refractivity contribution in [2.45, 2.75) is 33.6 Å². The maximum absolute atomic E-state index is 12.8. The first-order valence-electron chi connectivity index (χ1n) is 11.8. The smallest absolute Gasteiger partial charge is 0.321 e. The van der Waals surface area contributed by atoms with Gasteiger partial charge in [0.2, 0.25) is 0 Å². The van der Waals surface area contributed by atoms with E-state index in [2.05, 4.69) is 48.3 Å². The Morgan fingerprint density at radius 1 is 1.03 bits per heavy atom. The highest BCUT2D eigenvalue weighted by molar-refractivity contribution is 5.89. The Balaban J connectivity index is 1.48. The van der Waals surface area contributed by atoms with Gasteiger partial charge in [0.25, 0.3) is 0 Å². The minimum atomic E-state index is -0.0964. The number of carbonyl (C=O) groups excluding carboxylic acids is 1. The lowest BCUT2D eigenvalue weighted by atomic mass is 10.0. The number of amides is 2. The Bertz CT molecular complexity index is 1140. The van der Waals surface area contributed by atoms with Gasteiger partial charge in [-0.25, -0.2) is 14.8 Å². The zero-order chi connectivity index (χ0) is 24.1. The molecule has 2 aromatic carbocycles. The van der Waals surface area contributed by atoms with Crippen LogP contribution in [0.4, 0.5) is 16.3 Å². The van der Waals surface area contributed by atoms with E-state index in [-0.39, 0.29) is 6.03 Å². The summed E-state index contributed by atoms with van der Waals surface area (Å²) in [5, 5.41) is 2.98. The van der Waals surface area contributed by atoms with Crippen LogP contribution < -0.4 is 15.0 Å². The van der Waals surface area contributed by atoms with E-state index in [1.54, 1.807) is 7.11 Å². The number of piperazine rings is 1. The second-order valence-corrected chi connectivity index (χ2v) is 8.67. The molecule has 0 atom stereocenters. The van der Waals surface area contributed by atoms with Crippen LogP contribution in [0.1, 0.15) is 35.1 Å². The van der Waals surface area contributed by atoms with Crippen LogP contribution in [0.25, 0.3) is 0 Å². The number of aryl methyl sites for hydroxylation is 3. The van der Waals surface area contributed by atoms with Gasteiger partial charge in [0.05, 0.1) is 7.11 Å². The van der Waals surface area contributed by atoms with Crippen molar-refractivity contribution in [2.75, 3.05) is 43.5 Å². The Morgan fingerprint density at radius 3 is 2.44 bits per heavy atom. The third kappa shape index (κ3) is 5.47. The average molecular weight is 460 g/mol. The third-order valence-corrected chi connectivity index (χ3v) is 6.21. The number of aromatic nitrogens is 2. The minimum Gasteiger partial charge on any atom is -0.497 e. The number of hydrogen-bond donors (Lipinski definition) is 1. The lowest BCUT2D eigenvalue weighted by Crippen LogP contribution is -2.50. The van der Waals surface area contributed by atoms with Crippen molar-refractivity contribution in [3.8, 4) is 5.75 Å². The zero-order valence-electron chi connectivity index (χ0n) is 20.5. The van der Waals surface area contributed by atoms with Crippen molar-refractivity contribution >= 4 is 17.5 Å². The fourth-order valence-corrected chi connectivity index (χ4v) is 4.31. The van der Waals surface area contributed by atoms with Crippen LogP contribution in [0.15, 0.2) is 48.5 Å². The Kier molecular flexibility index (Phi) is 7.30. The molecule has 1 aromatic heterocycles. The largest absolute Gasteiger partial charge is 0.497 e. The normalized spacial score (nSPS) is 13.6. The molecular weight excluding hydrogens is 426 g/mol. The summed E-state index contributed by atoms with van der Waals surface area (Å²) in [6, 6.07) is 16.0. The summed E-state index contributed by atoms with van der Waals surface area (Å²) in [6.07, 6.45) is 1.66. The number of hydrogen-bond acceptors (Lipinski definition) is 5. The Morgan fingerprint density at radius 2 is 1.76 bits per heavy atom. The molecule has 1 N–H and O–H groups in total. The van der Waals surface area contributed by atoms with E-state index in [1.165, 1.54) is 16.7 Å². The molecule has 2 heterocycles. The first-order chi connectivity index (χ1) is 16.5. The number of nitrogens with one attached hydrogen (secondary N) is 1. The zero-order valence-corrected chi connectivity index (χ0v) is 20.5. The van der Waals surface area contributed by atoms with Gasteiger partial charge >= 0.3 is 6.03 Å². The molecule has 3 aromatic rings. The lowest BCUT2D eigenvalue weighted by molar-refractivity contribution is 0.208. The molecule has 0 unspecified atom stereocenters. The highest BCUT2D eigenvalue weighted by atomic mass is 16.5. The summed E-state index contributed by atoms with van der Waals surface area (Å²) in [5.74, 6) is 2.50. The molecule has 178 valence electrons. The molecule has 1 saturated heterocycles. The summed E-state index contributed by atoms with van der Waals surface area (Å²) in [6.45, 7) is 8.92. The molecule has 0 bridgehead atoms. The number of methoxy groups -OCH3 is 1. The SMILES string of the molecule is CCc1nc(C)nc(N2CCN(C(=O)Nc3cccc(OC)c3)CC2)c1Cc1ccc(C)cc1. The van der Waals surface area contributed by atoms with Gasteiger partial charge in [-0.15, -0.1) is 0 Å². The molecule has 34 heavy (non-hydrogen) atoms. The van der Waals surface area contributed by atoms with Gasteiger partial charge in [-0.05, 0) is 38.0 Å². The first-order valence-corrected chi connectivity index (χ1v) is 11.8. The number of rotatable bonds is 6. The van der Waals surface area contributed by atoms with Crippen molar-refractivity contribution in [1.82, 2.24) is 14.9 Å². The average Bonchev–Trinajstić information content (AvgIpc) is 2.86. The summed E-state index contributed by atoms with van der Waals surface area (Å²) < 4.78 is 5.25. The van der Waals surface area contributed by atoms with Crippen molar-refractivity contribution < 1.29 is 9.53 Å². The second kappa shape index (κ2) is 10.5. The van der Waals surface area contributed by atoms with Crippen LogP contribution in [-0.4, -0.2) is 54.2 Å². The van der Waals surface area contributed by atoms with Crippen LogP contribution >= 0.6 is 0 Å². The lowest BCUT2D eigenvalue weighted by Gasteiger charge is -2.36. The molecule has 0 aliphatic carbocycles. The van der Waals surface area contributed by atoms with E-state index in [1.807, 2.05) is 36.1 Å². The predicted molar refractivity (Wildman–Crippen MR) is 136 cm³/mol. The van der Waals surface area contributed by atoms with Gasteiger partial charge in [0.1, 0.15) is 17.4 Å². The van der Waals surface area contributed by atoms with E-state index in [0.717, 1.165) is 54.7 Å². The number of ether oxygens (including phenoxy) is 1. The van der Waals surface area contributed by atoms with Crippen molar-refractivity contribution in [3.63, 3.8) is 0 Å². The predicted octanol–water partition coefficient (Wildman–Crippen LogP) is 4.61. The van der Waals surface area contributed by atoms with E-state index in [0.29, 0.717) is 13.1 Å². The van der Waals surface area contributed by atoms with E-state index < -0.39 is 0 Å². The number of anilines is 2. The van der Waals surface area contributed by atoms with Gasteiger partial charge in [-0.3, -0.25) is 0 Å². The van der Waals surface area contributed by atoms with Crippen molar-refractivity contribution in [3.05, 3.63) is 76.7 Å². The summed E-state index contributed by atoms with van der Waals surface area (Å²) in [7, 11) is 1.62. The molecule has 1 aliphatic heterocycles. The topological polar surface area (TPSA) is 70.6 Å². The highest BCUT2D eigenvalue weighted by Gasteiger charge is 2.25. The fraction of sp³-hybridized carbons (Fsp3) is 0.370. The van der Waals surface area contributed by atoms with Crippen LogP contribution in [0.3, 0.4) is 0 Å². The number of urea groups is 1. The first kappa shape index (κ1) is 23.5. The number of benzene rings is 2. The Labute approximate surface area is 201 Å². The van der Waals surface area contributed by atoms with Crippen LogP contribution in [0, 0.1) is 13.8 Å². The van der Waals surface area contributed by atoms with Gasteiger partial charge < -0.3 is 19.9 Å². The molecule has 0 spiro atoms. The van der Waals surface area contributed by atoms with Gasteiger partial charge in [-0.2, -0.15) is 0 Å². The van der Waals surface area contributed by atoms with Crippen LogP contribution in [0.2, 0.25) is 0 Å². The quantitative estimate of drug-likeness (QED) is 0.583. The summed E-state index contributed by atoms with van der Waals surface area (Å²) >= 11 is 0. The number of nitrogens with zero attached hydrogens (tertiary/aromatic N) is 4. The van der Waals surface area contributed by atoms with E-state index in [4.69, 9.17) is 14.7 Å². The standard InChI is InChI=1S/C27H33N5O2/c1-5-25-24(17-21-11-9-19(2)10-12-21)26(29-20(3)28-25)31-13-15-32(16-14-31)27(33)30-22-7-6-8-23(18-22)34-4/h6-12,18H,5,13-17H2,1-4H3,(H,30,33). The summed E-state index contributed by atoms with van der Waals surface area (Å²) in [5.41, 5.74) is 5.52. The molecule has 7 nitrogen and oxygen atoms in total. The molecule has 2 amide bonds. The van der Waals surface area contributed by atoms with Crippen molar-refractivity contribution in [2.24, 2.45) is 0 Å². The number of carbonyl (C=O) groups is 1. The highest BCUT2D eigenvalue weighted by Crippen LogP contribution is 2.26. The van der Waals surface area contributed by atoms with Crippen LogP contribution in [-0.2, 0) is 12.8 Å². The fourth-order valence-electron chi connectivity index (χ4n) is 4.31.